The number of hydrogen-bond acceptors (Lipinski definition) is 4. The van der Waals surface area contributed by atoms with Crippen LogP contribution in [0.3, 0.4) is 0 Å². The van der Waals surface area contributed by atoms with Gasteiger partial charge in [0.15, 0.2) is 5.82 Å². The first-order valence-electron chi connectivity index (χ1n) is 5.52. The molecule has 0 bridgehead atoms. The molecular formula is C12H13FN2O2. The summed E-state index contributed by atoms with van der Waals surface area (Å²) in [6.07, 6.45) is 2.73. The zero-order valence-electron chi connectivity index (χ0n) is 9.48. The summed E-state index contributed by atoms with van der Waals surface area (Å²) in [5.41, 5.74) is 0.207. The van der Waals surface area contributed by atoms with E-state index in [1.54, 1.807) is 0 Å². The molecule has 0 amide bonds. The first kappa shape index (κ1) is 11.6. The van der Waals surface area contributed by atoms with Crippen molar-refractivity contribution in [3.05, 3.63) is 29.8 Å². The van der Waals surface area contributed by atoms with E-state index < -0.39 is 5.82 Å². The molecule has 1 heterocycles. The predicted octanol–water partition coefficient (Wildman–Crippen LogP) is 2.92. The van der Waals surface area contributed by atoms with E-state index in [1.165, 1.54) is 12.1 Å². The summed E-state index contributed by atoms with van der Waals surface area (Å²) in [5.74, 6) is 0.0237. The third kappa shape index (κ3) is 2.61. The molecule has 0 aliphatic heterocycles. The average Bonchev–Trinajstić information content (AvgIpc) is 2.75. The number of aryl methyl sites for hydroxylation is 1. The van der Waals surface area contributed by atoms with Crippen molar-refractivity contribution < 1.29 is 14.0 Å². The van der Waals surface area contributed by atoms with Crippen LogP contribution in [0.2, 0.25) is 0 Å². The lowest BCUT2D eigenvalue weighted by molar-refractivity contribution is 0.418. The highest BCUT2D eigenvalue weighted by molar-refractivity contribution is 5.55. The summed E-state index contributed by atoms with van der Waals surface area (Å²) in [6.45, 7) is 2.07. The maximum absolute atomic E-state index is 13.5. The number of unbranched alkanes of at least 4 members (excludes halogenated alkanes) is 1. The molecule has 5 heteroatoms. The fourth-order valence-corrected chi connectivity index (χ4v) is 1.48. The Hall–Kier alpha value is -1.91. The van der Waals surface area contributed by atoms with Gasteiger partial charge in [-0.15, -0.1) is 0 Å². The van der Waals surface area contributed by atoms with E-state index in [1.807, 2.05) is 0 Å². The molecule has 0 aliphatic rings. The molecule has 1 aromatic heterocycles. The van der Waals surface area contributed by atoms with Crippen molar-refractivity contribution in [3.63, 3.8) is 0 Å². The van der Waals surface area contributed by atoms with Crippen LogP contribution < -0.4 is 0 Å². The second-order valence-electron chi connectivity index (χ2n) is 3.78. The van der Waals surface area contributed by atoms with Gasteiger partial charge in [0.25, 0.3) is 5.89 Å². The van der Waals surface area contributed by atoms with Gasteiger partial charge in [-0.2, -0.15) is 4.98 Å². The molecule has 0 aliphatic carbocycles. The molecule has 0 saturated heterocycles. The molecule has 2 aromatic rings. The highest BCUT2D eigenvalue weighted by Crippen LogP contribution is 2.24. The lowest BCUT2D eigenvalue weighted by Crippen LogP contribution is -1.88. The van der Waals surface area contributed by atoms with Crippen LogP contribution in [-0.2, 0) is 6.42 Å². The minimum absolute atomic E-state index is 0.128. The van der Waals surface area contributed by atoms with E-state index in [9.17, 15) is 4.39 Å². The topological polar surface area (TPSA) is 59.2 Å². The molecule has 4 nitrogen and oxygen atoms in total. The maximum atomic E-state index is 13.5. The Morgan fingerprint density at radius 1 is 1.41 bits per heavy atom. The van der Waals surface area contributed by atoms with Gasteiger partial charge in [-0.05, 0) is 18.6 Å². The first-order chi connectivity index (χ1) is 8.20. The molecule has 17 heavy (non-hydrogen) atoms. The van der Waals surface area contributed by atoms with E-state index in [2.05, 4.69) is 17.1 Å². The smallest absolute Gasteiger partial charge is 0.260 e. The summed E-state index contributed by atoms with van der Waals surface area (Å²) in [5, 5.41) is 12.9. The summed E-state index contributed by atoms with van der Waals surface area (Å²) in [4.78, 5) is 4.11. The van der Waals surface area contributed by atoms with Gasteiger partial charge in [0.1, 0.15) is 11.6 Å². The highest BCUT2D eigenvalue weighted by Gasteiger charge is 2.13. The van der Waals surface area contributed by atoms with Crippen LogP contribution in [0.15, 0.2) is 22.7 Å². The number of hydrogen-bond donors (Lipinski definition) is 1. The standard InChI is InChI=1S/C12H13FN2O2/c1-2-3-4-11-14-12(17-15-11)9-6-5-8(16)7-10(9)13/h5-7,16H,2-4H2,1H3. The average molecular weight is 236 g/mol. The molecule has 0 spiro atoms. The van der Waals surface area contributed by atoms with Gasteiger partial charge < -0.3 is 9.63 Å². The van der Waals surface area contributed by atoms with Crippen molar-refractivity contribution in [1.29, 1.82) is 0 Å². The Morgan fingerprint density at radius 2 is 2.24 bits per heavy atom. The number of aromatic nitrogens is 2. The Labute approximate surface area is 98.1 Å². The predicted molar refractivity (Wildman–Crippen MR) is 60.0 cm³/mol. The molecular weight excluding hydrogens is 223 g/mol. The molecule has 1 N–H and O–H groups in total. The van der Waals surface area contributed by atoms with Gasteiger partial charge in [-0.1, -0.05) is 18.5 Å². The number of phenolic OH excluding ortho intramolecular Hbond substituents is 1. The molecule has 0 atom stereocenters. The molecule has 0 fully saturated rings. The Morgan fingerprint density at radius 3 is 2.94 bits per heavy atom. The molecule has 2 rings (SSSR count). The second-order valence-corrected chi connectivity index (χ2v) is 3.78. The summed E-state index contributed by atoms with van der Waals surface area (Å²) >= 11 is 0. The highest BCUT2D eigenvalue weighted by atomic mass is 19.1. The Balaban J connectivity index is 2.24. The SMILES string of the molecule is CCCCc1noc(-c2ccc(O)cc2F)n1. The van der Waals surface area contributed by atoms with Gasteiger partial charge in [0, 0.05) is 12.5 Å². The van der Waals surface area contributed by atoms with Crippen molar-refractivity contribution in [3.8, 4) is 17.2 Å². The number of phenols is 1. The fourth-order valence-electron chi connectivity index (χ4n) is 1.48. The van der Waals surface area contributed by atoms with Crippen molar-refractivity contribution >= 4 is 0 Å². The van der Waals surface area contributed by atoms with Gasteiger partial charge in [0.05, 0.1) is 5.56 Å². The van der Waals surface area contributed by atoms with Crippen LogP contribution in [0.5, 0.6) is 5.75 Å². The van der Waals surface area contributed by atoms with Crippen LogP contribution in [0.1, 0.15) is 25.6 Å². The van der Waals surface area contributed by atoms with Gasteiger partial charge in [0.2, 0.25) is 0 Å². The molecule has 0 unspecified atom stereocenters. The zero-order valence-corrected chi connectivity index (χ0v) is 9.48. The maximum Gasteiger partial charge on any atom is 0.260 e. The quantitative estimate of drug-likeness (QED) is 0.886. The van der Waals surface area contributed by atoms with Crippen molar-refractivity contribution in [2.75, 3.05) is 0 Å². The molecule has 0 saturated carbocycles. The van der Waals surface area contributed by atoms with E-state index in [0.29, 0.717) is 5.82 Å². The third-order valence-electron chi connectivity index (χ3n) is 2.41. The minimum Gasteiger partial charge on any atom is -0.508 e. The summed E-state index contributed by atoms with van der Waals surface area (Å²) < 4.78 is 18.5. The Bertz CT molecular complexity index is 511. The van der Waals surface area contributed by atoms with Crippen LogP contribution in [-0.4, -0.2) is 15.2 Å². The first-order valence-corrected chi connectivity index (χ1v) is 5.52. The molecule has 0 radical (unpaired) electrons. The van der Waals surface area contributed by atoms with Crippen LogP contribution in [0.4, 0.5) is 4.39 Å². The van der Waals surface area contributed by atoms with E-state index in [-0.39, 0.29) is 17.2 Å². The third-order valence-corrected chi connectivity index (χ3v) is 2.41. The lowest BCUT2D eigenvalue weighted by atomic mass is 10.2. The summed E-state index contributed by atoms with van der Waals surface area (Å²) in [6, 6.07) is 3.82. The number of halogens is 1. The van der Waals surface area contributed by atoms with Gasteiger partial charge in [-0.3, -0.25) is 0 Å². The largest absolute Gasteiger partial charge is 0.508 e. The van der Waals surface area contributed by atoms with Crippen molar-refractivity contribution in [1.82, 2.24) is 10.1 Å². The van der Waals surface area contributed by atoms with Crippen LogP contribution in [0, 0.1) is 5.82 Å². The van der Waals surface area contributed by atoms with E-state index >= 15 is 0 Å². The lowest BCUT2D eigenvalue weighted by Gasteiger charge is -1.97. The normalized spacial score (nSPS) is 10.7. The van der Waals surface area contributed by atoms with Crippen LogP contribution >= 0.6 is 0 Å². The monoisotopic (exact) mass is 236 g/mol. The van der Waals surface area contributed by atoms with E-state index in [0.717, 1.165) is 25.3 Å². The molecule has 90 valence electrons. The minimum atomic E-state index is -0.573. The number of rotatable bonds is 4. The molecule has 1 aromatic carbocycles. The van der Waals surface area contributed by atoms with Gasteiger partial charge in [-0.25, -0.2) is 4.39 Å². The second kappa shape index (κ2) is 4.95. The Kier molecular flexibility index (Phi) is 3.37. The number of aromatic hydroxyl groups is 1. The van der Waals surface area contributed by atoms with Crippen LogP contribution in [0.25, 0.3) is 11.5 Å². The number of benzene rings is 1. The van der Waals surface area contributed by atoms with E-state index in [4.69, 9.17) is 9.63 Å². The number of nitrogens with zero attached hydrogens (tertiary/aromatic N) is 2. The fraction of sp³-hybridized carbons (Fsp3) is 0.333. The van der Waals surface area contributed by atoms with Crippen molar-refractivity contribution in [2.45, 2.75) is 26.2 Å². The van der Waals surface area contributed by atoms with Gasteiger partial charge >= 0.3 is 0 Å². The van der Waals surface area contributed by atoms with Crippen molar-refractivity contribution in [2.24, 2.45) is 0 Å². The summed E-state index contributed by atoms with van der Waals surface area (Å²) in [7, 11) is 0. The zero-order chi connectivity index (χ0) is 12.3.